The molecular formula is C36H22I2N4O7. The van der Waals surface area contributed by atoms with Crippen molar-refractivity contribution in [2.24, 2.45) is 0 Å². The normalized spacial score (nSPS) is 13.9. The molecule has 0 atom stereocenters. The molecule has 49 heavy (non-hydrogen) atoms. The van der Waals surface area contributed by atoms with Gasteiger partial charge >= 0.3 is 11.9 Å². The van der Waals surface area contributed by atoms with Crippen molar-refractivity contribution >= 4 is 98.0 Å². The summed E-state index contributed by atoms with van der Waals surface area (Å²) in [5.74, 6) is -4.17. The Kier molecular flexibility index (Phi) is 9.82. The number of rotatable bonds is 7. The van der Waals surface area contributed by atoms with Crippen LogP contribution in [0.1, 0.15) is 38.2 Å². The minimum absolute atomic E-state index is 0.0210. The number of ether oxygens (including phenoxy) is 1. The van der Waals surface area contributed by atoms with Crippen LogP contribution >= 0.6 is 45.2 Å². The van der Waals surface area contributed by atoms with E-state index < -0.39 is 35.6 Å². The Morgan fingerprint density at radius 3 is 1.41 bits per heavy atom. The number of halogens is 2. The second-order valence-electron chi connectivity index (χ2n) is 10.6. The van der Waals surface area contributed by atoms with Crippen molar-refractivity contribution in [3.05, 3.63) is 155 Å². The molecule has 0 aromatic heterocycles. The number of carbonyl (C=O) groups excluding carboxylic acids is 6. The average molecular weight is 876 g/mol. The van der Waals surface area contributed by atoms with Crippen molar-refractivity contribution in [2.75, 3.05) is 0 Å². The van der Waals surface area contributed by atoms with E-state index in [2.05, 4.69) is 66.9 Å². The van der Waals surface area contributed by atoms with Gasteiger partial charge in [0.1, 0.15) is 11.1 Å². The second kappa shape index (κ2) is 14.4. The van der Waals surface area contributed by atoms with Gasteiger partial charge in [0.05, 0.1) is 5.56 Å². The Hall–Kier alpha value is -5.42. The van der Waals surface area contributed by atoms with Crippen LogP contribution in [0, 0.1) is 7.14 Å². The fraction of sp³-hybridized carbons (Fsp3) is 0. The quantitative estimate of drug-likeness (QED) is 0.0712. The van der Waals surface area contributed by atoms with Crippen LogP contribution in [-0.4, -0.2) is 35.6 Å². The predicted octanol–water partition coefficient (Wildman–Crippen LogP) is 4.22. The Balaban J connectivity index is 1.21. The number of carbonyl (C=O) groups is 6. The summed E-state index contributed by atoms with van der Waals surface area (Å²) in [5, 5.41) is 0. The lowest BCUT2D eigenvalue weighted by molar-refractivity contribution is -0.132. The Bertz CT molecular complexity index is 2120. The third kappa shape index (κ3) is 7.36. The van der Waals surface area contributed by atoms with E-state index in [1.165, 1.54) is 18.2 Å². The van der Waals surface area contributed by atoms with Gasteiger partial charge in [-0.15, -0.1) is 0 Å². The van der Waals surface area contributed by atoms with E-state index in [0.29, 0.717) is 39.0 Å². The number of amides is 4. The number of benzene rings is 4. The molecule has 2 heterocycles. The summed E-state index contributed by atoms with van der Waals surface area (Å²) in [6.45, 7) is 0. The molecule has 4 amide bonds. The highest BCUT2D eigenvalue weighted by Gasteiger charge is 2.32. The van der Waals surface area contributed by atoms with Crippen molar-refractivity contribution in [3.8, 4) is 0 Å². The molecule has 6 rings (SSSR count). The predicted molar refractivity (Wildman–Crippen MR) is 195 cm³/mol. The van der Waals surface area contributed by atoms with E-state index >= 15 is 0 Å². The van der Waals surface area contributed by atoms with Gasteiger partial charge in [-0.05, 0) is 115 Å². The molecule has 4 aromatic carbocycles. The minimum atomic E-state index is -0.930. The monoisotopic (exact) mass is 876 g/mol. The number of hydrogen-bond donors (Lipinski definition) is 4. The lowest BCUT2D eigenvalue weighted by atomic mass is 9.91. The largest absolute Gasteiger partial charge is 0.386 e. The molecule has 0 spiro atoms. The summed E-state index contributed by atoms with van der Waals surface area (Å²) in [5.41, 5.74) is 12.8. The molecule has 0 radical (unpaired) electrons. The highest BCUT2D eigenvalue weighted by molar-refractivity contribution is 14.1. The highest BCUT2D eigenvalue weighted by Crippen LogP contribution is 2.31. The lowest BCUT2D eigenvalue weighted by Crippen LogP contribution is -2.28. The van der Waals surface area contributed by atoms with Gasteiger partial charge < -0.3 is 4.74 Å². The molecule has 0 aliphatic carbocycles. The van der Waals surface area contributed by atoms with Gasteiger partial charge in [-0.2, -0.15) is 0 Å². The van der Waals surface area contributed by atoms with Gasteiger partial charge in [0, 0.05) is 24.4 Å². The first-order valence-corrected chi connectivity index (χ1v) is 16.6. The van der Waals surface area contributed by atoms with Crippen LogP contribution in [0.2, 0.25) is 0 Å². The first kappa shape index (κ1) is 33.5. The zero-order chi connectivity index (χ0) is 34.7. The van der Waals surface area contributed by atoms with Gasteiger partial charge in [0.25, 0.3) is 23.6 Å². The van der Waals surface area contributed by atoms with E-state index in [1.807, 2.05) is 36.4 Å². The van der Waals surface area contributed by atoms with Crippen molar-refractivity contribution in [1.29, 1.82) is 0 Å². The van der Waals surface area contributed by atoms with Crippen LogP contribution in [-0.2, 0) is 28.7 Å². The molecular weight excluding hydrogens is 854 g/mol. The summed E-state index contributed by atoms with van der Waals surface area (Å²) in [4.78, 5) is 75.8. The van der Waals surface area contributed by atoms with Crippen LogP contribution in [0.4, 0.5) is 0 Å². The average Bonchev–Trinajstić information content (AvgIpc) is 3.61. The topological polar surface area (TPSA) is 160 Å². The smallest absolute Gasteiger partial charge is 0.346 e. The fourth-order valence-corrected chi connectivity index (χ4v) is 5.91. The van der Waals surface area contributed by atoms with E-state index in [4.69, 9.17) is 4.74 Å². The molecule has 242 valence electrons. The van der Waals surface area contributed by atoms with Crippen molar-refractivity contribution < 1.29 is 33.5 Å². The number of hydrazine groups is 2. The summed E-state index contributed by atoms with van der Waals surface area (Å²) in [7, 11) is 0. The third-order valence-corrected chi connectivity index (χ3v) is 8.88. The van der Waals surface area contributed by atoms with E-state index in [9.17, 15) is 28.8 Å². The van der Waals surface area contributed by atoms with Crippen molar-refractivity contribution in [2.45, 2.75) is 0 Å². The Labute approximate surface area is 306 Å². The van der Waals surface area contributed by atoms with Crippen molar-refractivity contribution in [1.82, 2.24) is 21.7 Å². The molecule has 11 nitrogen and oxygen atoms in total. The molecule has 0 saturated carbocycles. The maximum atomic E-state index is 13.0. The molecule has 2 fully saturated rings. The molecule has 13 heteroatoms. The van der Waals surface area contributed by atoms with E-state index in [-0.39, 0.29) is 16.7 Å². The zero-order valence-electron chi connectivity index (χ0n) is 25.0. The first-order chi connectivity index (χ1) is 23.6. The summed E-state index contributed by atoms with van der Waals surface area (Å²) >= 11 is 4.31. The zero-order valence-corrected chi connectivity index (χ0v) is 29.3. The molecule has 2 aliphatic heterocycles. The van der Waals surface area contributed by atoms with Gasteiger partial charge in [-0.1, -0.05) is 60.7 Å². The molecule has 4 aromatic rings. The standard InChI is InChI=1S/C36H22I2N4O7/c37-25-13-9-21(10-14-25)28(30-32(44)39-40-33(30)45)20-7-4-19(5-8-20)6-17-27(43)49-36(48)24-3-1-2-23(18-24)29(22-11-15-26(38)16-12-22)31-34(46)41-42-35(31)47/h1-18H,(H,39,44)(H,40,45)(H,41,46)(H,42,47)/b17-6+. The van der Waals surface area contributed by atoms with Gasteiger partial charge in [0.2, 0.25) is 0 Å². The number of hydrogen-bond acceptors (Lipinski definition) is 7. The lowest BCUT2D eigenvalue weighted by Gasteiger charge is -2.12. The third-order valence-electron chi connectivity index (χ3n) is 7.44. The highest BCUT2D eigenvalue weighted by atomic mass is 127. The van der Waals surface area contributed by atoms with Crippen molar-refractivity contribution in [3.63, 3.8) is 0 Å². The maximum absolute atomic E-state index is 13.0. The van der Waals surface area contributed by atoms with Gasteiger partial charge in [0.15, 0.2) is 0 Å². The fourth-order valence-electron chi connectivity index (χ4n) is 5.19. The van der Waals surface area contributed by atoms with E-state index in [1.54, 1.807) is 48.5 Å². The summed E-state index contributed by atoms with van der Waals surface area (Å²) < 4.78 is 7.00. The molecule has 4 N–H and O–H groups in total. The van der Waals surface area contributed by atoms with Crippen LogP contribution in [0.15, 0.2) is 114 Å². The molecule has 0 bridgehead atoms. The molecule has 2 saturated heterocycles. The van der Waals surface area contributed by atoms with Crippen LogP contribution in [0.3, 0.4) is 0 Å². The number of esters is 2. The van der Waals surface area contributed by atoms with Crippen LogP contribution < -0.4 is 21.7 Å². The van der Waals surface area contributed by atoms with Crippen LogP contribution in [0.25, 0.3) is 17.2 Å². The molecule has 0 unspecified atom stereocenters. The Morgan fingerprint density at radius 1 is 0.531 bits per heavy atom. The minimum Gasteiger partial charge on any atom is -0.386 e. The summed E-state index contributed by atoms with van der Waals surface area (Å²) in [6, 6.07) is 27.5. The Morgan fingerprint density at radius 2 is 0.939 bits per heavy atom. The van der Waals surface area contributed by atoms with Crippen LogP contribution in [0.5, 0.6) is 0 Å². The second-order valence-corrected chi connectivity index (χ2v) is 13.1. The SMILES string of the molecule is O=C(/C=C/c1ccc(C(=C2C(=O)NNC2=O)c2ccc(I)cc2)cc1)OC(=O)c1cccc(C(=C2C(=O)NNC2=O)c2ccc(I)cc2)c1. The molecule has 2 aliphatic rings. The first-order valence-electron chi connectivity index (χ1n) is 14.5. The summed E-state index contributed by atoms with van der Waals surface area (Å²) in [6.07, 6.45) is 2.55. The number of nitrogens with one attached hydrogen (secondary N) is 4. The maximum Gasteiger partial charge on any atom is 0.346 e. The van der Waals surface area contributed by atoms with Gasteiger partial charge in [-0.25, -0.2) is 9.59 Å². The van der Waals surface area contributed by atoms with E-state index in [0.717, 1.165) is 13.2 Å². The van der Waals surface area contributed by atoms with Gasteiger partial charge in [-0.3, -0.25) is 40.9 Å².